The minimum absolute atomic E-state index is 0.187. The molecule has 2 aromatic rings. The fraction of sp³-hybridized carbons (Fsp3) is 0.261. The molecular formula is C23H27N3O4. The monoisotopic (exact) mass is 409 g/mol. The normalized spacial score (nSPS) is 10.4. The van der Waals surface area contributed by atoms with Gasteiger partial charge >= 0.3 is 0 Å². The Morgan fingerprint density at radius 3 is 2.63 bits per heavy atom. The van der Waals surface area contributed by atoms with Crippen molar-refractivity contribution in [1.82, 2.24) is 10.7 Å². The van der Waals surface area contributed by atoms with Crippen LogP contribution in [0.4, 0.5) is 0 Å². The van der Waals surface area contributed by atoms with E-state index in [1.165, 1.54) is 6.21 Å². The molecule has 0 saturated heterocycles. The van der Waals surface area contributed by atoms with Crippen LogP contribution < -0.4 is 20.2 Å². The fourth-order valence-corrected chi connectivity index (χ4v) is 2.36. The summed E-state index contributed by atoms with van der Waals surface area (Å²) in [6.07, 6.45) is 5.19. The number of rotatable bonds is 12. The largest absolute Gasteiger partial charge is 0.494 e. The van der Waals surface area contributed by atoms with E-state index in [1.54, 1.807) is 36.4 Å². The minimum atomic E-state index is -0.432. The number of benzene rings is 2. The van der Waals surface area contributed by atoms with E-state index in [4.69, 9.17) is 9.47 Å². The first-order valence-electron chi connectivity index (χ1n) is 9.79. The van der Waals surface area contributed by atoms with Crippen molar-refractivity contribution in [2.45, 2.75) is 19.8 Å². The molecule has 0 heterocycles. The Labute approximate surface area is 176 Å². The lowest BCUT2D eigenvalue weighted by atomic mass is 10.2. The number of nitrogens with zero attached hydrogens (tertiary/aromatic N) is 1. The van der Waals surface area contributed by atoms with Crippen LogP contribution in [0.3, 0.4) is 0 Å². The van der Waals surface area contributed by atoms with E-state index in [9.17, 15) is 9.59 Å². The first kappa shape index (κ1) is 22.7. The molecule has 7 nitrogen and oxygen atoms in total. The van der Waals surface area contributed by atoms with E-state index in [0.717, 1.165) is 18.4 Å². The second kappa shape index (κ2) is 12.8. The molecule has 0 aliphatic rings. The van der Waals surface area contributed by atoms with E-state index in [1.807, 2.05) is 18.2 Å². The average Bonchev–Trinajstić information content (AvgIpc) is 2.77. The van der Waals surface area contributed by atoms with Gasteiger partial charge in [-0.3, -0.25) is 9.59 Å². The van der Waals surface area contributed by atoms with Crippen LogP contribution in [0.25, 0.3) is 0 Å². The van der Waals surface area contributed by atoms with E-state index < -0.39 is 5.91 Å². The Kier molecular flexibility index (Phi) is 9.65. The molecular weight excluding hydrogens is 382 g/mol. The molecule has 0 bridgehead atoms. The number of amides is 2. The highest BCUT2D eigenvalue weighted by atomic mass is 16.5. The highest BCUT2D eigenvalue weighted by Gasteiger charge is 2.08. The third kappa shape index (κ3) is 8.18. The molecule has 0 saturated carbocycles. The third-order valence-corrected chi connectivity index (χ3v) is 3.92. The highest BCUT2D eigenvalue weighted by molar-refractivity contribution is 5.96. The summed E-state index contributed by atoms with van der Waals surface area (Å²) >= 11 is 0. The third-order valence-electron chi connectivity index (χ3n) is 3.92. The SMILES string of the molecule is C=CCOc1cccc(C=NNC(=O)CNC(=O)c2ccc(OCCCC)cc2)c1. The van der Waals surface area contributed by atoms with Gasteiger partial charge in [0, 0.05) is 5.56 Å². The van der Waals surface area contributed by atoms with Crippen LogP contribution in [-0.2, 0) is 4.79 Å². The second-order valence-electron chi connectivity index (χ2n) is 6.37. The molecule has 158 valence electrons. The molecule has 0 aromatic heterocycles. The number of carbonyl (C=O) groups excluding carboxylic acids is 2. The average molecular weight is 409 g/mol. The van der Waals surface area contributed by atoms with Crippen LogP contribution in [0.5, 0.6) is 11.5 Å². The van der Waals surface area contributed by atoms with Crippen LogP contribution in [0.2, 0.25) is 0 Å². The van der Waals surface area contributed by atoms with Gasteiger partial charge in [0.1, 0.15) is 18.1 Å². The molecule has 30 heavy (non-hydrogen) atoms. The van der Waals surface area contributed by atoms with Gasteiger partial charge in [0.25, 0.3) is 11.8 Å². The Morgan fingerprint density at radius 1 is 1.10 bits per heavy atom. The summed E-state index contributed by atoms with van der Waals surface area (Å²) in [7, 11) is 0. The van der Waals surface area contributed by atoms with Gasteiger partial charge in [-0.25, -0.2) is 5.43 Å². The van der Waals surface area contributed by atoms with Crippen molar-refractivity contribution in [3.05, 3.63) is 72.3 Å². The Balaban J connectivity index is 1.75. The molecule has 0 aliphatic heterocycles. The molecule has 2 aromatic carbocycles. The summed E-state index contributed by atoms with van der Waals surface area (Å²) in [6.45, 7) is 6.56. The van der Waals surface area contributed by atoms with Crippen molar-refractivity contribution in [3.8, 4) is 11.5 Å². The predicted molar refractivity (Wildman–Crippen MR) is 117 cm³/mol. The number of nitrogens with one attached hydrogen (secondary N) is 2. The van der Waals surface area contributed by atoms with Crippen LogP contribution >= 0.6 is 0 Å². The number of hydrogen-bond donors (Lipinski definition) is 2. The Morgan fingerprint density at radius 2 is 1.90 bits per heavy atom. The quantitative estimate of drug-likeness (QED) is 0.244. The molecule has 0 radical (unpaired) electrons. The molecule has 0 unspecified atom stereocenters. The van der Waals surface area contributed by atoms with Crippen LogP contribution in [0, 0.1) is 0 Å². The zero-order valence-electron chi connectivity index (χ0n) is 17.1. The summed E-state index contributed by atoms with van der Waals surface area (Å²) in [5.41, 5.74) is 3.59. The minimum Gasteiger partial charge on any atom is -0.494 e. The summed E-state index contributed by atoms with van der Waals surface area (Å²) in [4.78, 5) is 24.0. The molecule has 0 spiro atoms. The summed E-state index contributed by atoms with van der Waals surface area (Å²) < 4.78 is 11.0. The zero-order valence-corrected chi connectivity index (χ0v) is 17.1. The van der Waals surface area contributed by atoms with Crippen molar-refractivity contribution < 1.29 is 19.1 Å². The maximum atomic E-state index is 12.1. The standard InChI is InChI=1S/C23H27N3O4/c1-3-5-14-30-20-11-9-19(10-12-20)23(28)24-17-22(27)26-25-16-18-7-6-8-21(15-18)29-13-4-2/h4,6-12,15-16H,2-3,5,13-14,17H2,1H3,(H,24,28)(H,26,27). The van der Waals surface area contributed by atoms with Crippen molar-refractivity contribution in [2.75, 3.05) is 19.8 Å². The van der Waals surface area contributed by atoms with E-state index in [-0.39, 0.29) is 12.5 Å². The van der Waals surface area contributed by atoms with Gasteiger partial charge < -0.3 is 14.8 Å². The van der Waals surface area contributed by atoms with Gasteiger partial charge in [0.15, 0.2) is 0 Å². The fourth-order valence-electron chi connectivity index (χ4n) is 2.36. The first-order valence-corrected chi connectivity index (χ1v) is 9.79. The van der Waals surface area contributed by atoms with Crippen molar-refractivity contribution >= 4 is 18.0 Å². The summed E-state index contributed by atoms with van der Waals surface area (Å²) in [6, 6.07) is 14.1. The molecule has 0 aliphatic carbocycles. The predicted octanol–water partition coefficient (Wildman–Crippen LogP) is 3.31. The van der Waals surface area contributed by atoms with Gasteiger partial charge in [0.05, 0.1) is 19.4 Å². The maximum Gasteiger partial charge on any atom is 0.259 e. The van der Waals surface area contributed by atoms with E-state index in [2.05, 4.69) is 29.3 Å². The smallest absolute Gasteiger partial charge is 0.259 e. The molecule has 0 fully saturated rings. The van der Waals surface area contributed by atoms with Crippen LogP contribution in [-0.4, -0.2) is 37.8 Å². The van der Waals surface area contributed by atoms with E-state index in [0.29, 0.717) is 30.3 Å². The van der Waals surface area contributed by atoms with Crippen molar-refractivity contribution in [2.24, 2.45) is 5.10 Å². The molecule has 0 atom stereocenters. The van der Waals surface area contributed by atoms with Gasteiger partial charge in [0.2, 0.25) is 0 Å². The van der Waals surface area contributed by atoms with Crippen LogP contribution in [0.1, 0.15) is 35.7 Å². The van der Waals surface area contributed by atoms with Gasteiger partial charge in [-0.1, -0.05) is 38.1 Å². The molecule has 2 rings (SSSR count). The molecule has 7 heteroatoms. The summed E-state index contributed by atoms with van der Waals surface area (Å²) in [5, 5.41) is 6.45. The number of unbranched alkanes of at least 4 members (excludes halogenated alkanes) is 1. The number of hydrogen-bond acceptors (Lipinski definition) is 5. The van der Waals surface area contributed by atoms with Gasteiger partial charge in [-0.15, -0.1) is 0 Å². The maximum absolute atomic E-state index is 12.1. The Hall–Kier alpha value is -3.61. The number of carbonyl (C=O) groups is 2. The lowest BCUT2D eigenvalue weighted by molar-refractivity contribution is -0.120. The molecule has 2 amide bonds. The topological polar surface area (TPSA) is 89.0 Å². The zero-order chi connectivity index (χ0) is 21.6. The van der Waals surface area contributed by atoms with Gasteiger partial charge in [-0.2, -0.15) is 5.10 Å². The van der Waals surface area contributed by atoms with E-state index >= 15 is 0 Å². The second-order valence-corrected chi connectivity index (χ2v) is 6.37. The molecule has 2 N–H and O–H groups in total. The lowest BCUT2D eigenvalue weighted by Crippen LogP contribution is -2.34. The first-order chi connectivity index (χ1) is 14.6. The highest BCUT2D eigenvalue weighted by Crippen LogP contribution is 2.13. The summed E-state index contributed by atoms with van der Waals surface area (Å²) in [5.74, 6) is 0.616. The van der Waals surface area contributed by atoms with Crippen LogP contribution in [0.15, 0.2) is 66.3 Å². The number of ether oxygens (including phenoxy) is 2. The van der Waals surface area contributed by atoms with Gasteiger partial charge in [-0.05, 0) is 48.4 Å². The lowest BCUT2D eigenvalue weighted by Gasteiger charge is -2.07. The Bertz CT molecular complexity index is 863. The van der Waals surface area contributed by atoms with Crippen molar-refractivity contribution in [3.63, 3.8) is 0 Å². The number of hydrazone groups is 1. The van der Waals surface area contributed by atoms with Crippen molar-refractivity contribution in [1.29, 1.82) is 0 Å².